The molecule has 0 saturated heterocycles. The van der Waals surface area contributed by atoms with Gasteiger partial charge in [-0.3, -0.25) is 4.79 Å². The minimum absolute atomic E-state index is 0.00294. The second-order valence-electron chi connectivity index (χ2n) is 4.66. The summed E-state index contributed by atoms with van der Waals surface area (Å²) in [5.41, 5.74) is 5.82. The maximum Gasteiger partial charge on any atom is 0.246 e. The number of hydrogen-bond acceptors (Lipinski definition) is 5. The molecule has 118 valence electrons. The fraction of sp³-hybridized carbons (Fsp3) is 0.462. The van der Waals surface area contributed by atoms with Gasteiger partial charge in [0.1, 0.15) is 10.6 Å². The number of nitrogens with two attached hydrogens (primary N) is 1. The number of carbonyl (C=O) groups excluding carboxylic acids is 1. The number of nitrogens with zero attached hydrogens (tertiary/aromatic N) is 1. The van der Waals surface area contributed by atoms with Crippen LogP contribution in [0, 0.1) is 0 Å². The Balaban J connectivity index is 3.28. The van der Waals surface area contributed by atoms with Crippen LogP contribution in [0.4, 0.5) is 5.69 Å². The highest BCUT2D eigenvalue weighted by atomic mass is 32.2. The molecule has 0 fully saturated rings. The predicted octanol–water partition coefficient (Wildman–Crippen LogP) is 0.621. The Morgan fingerprint density at radius 1 is 1.43 bits per heavy atom. The number of carbonyl (C=O) groups is 1. The monoisotopic (exact) mass is 315 g/mol. The van der Waals surface area contributed by atoms with E-state index in [4.69, 9.17) is 10.5 Å². The summed E-state index contributed by atoms with van der Waals surface area (Å²) in [6, 6.07) is 3.75. The summed E-state index contributed by atoms with van der Waals surface area (Å²) in [5.74, 6) is -0.155. The standard InChI is InChI=1S/C13H21N3O4S/c1-5-20-11-7-6-10(15-13(17)9(2)14)8-12(11)21(18,19)16(3)4/h6-9H,5,14H2,1-4H3,(H,15,17)/t9-/m0/s1. The molecule has 0 aliphatic heterocycles. The highest BCUT2D eigenvalue weighted by molar-refractivity contribution is 7.89. The van der Waals surface area contributed by atoms with Crippen LogP contribution in [0.1, 0.15) is 13.8 Å². The number of rotatable bonds is 6. The molecule has 0 heterocycles. The number of benzene rings is 1. The van der Waals surface area contributed by atoms with Crippen LogP contribution in [0.2, 0.25) is 0 Å². The lowest BCUT2D eigenvalue weighted by Crippen LogP contribution is -2.32. The van der Waals surface area contributed by atoms with Crippen molar-refractivity contribution in [2.75, 3.05) is 26.0 Å². The summed E-state index contributed by atoms with van der Waals surface area (Å²) in [5, 5.41) is 2.56. The molecule has 1 amide bonds. The SMILES string of the molecule is CCOc1ccc(NC(=O)[C@H](C)N)cc1S(=O)(=O)N(C)C. The first-order chi connectivity index (χ1) is 9.70. The molecule has 1 aromatic carbocycles. The normalized spacial score (nSPS) is 13.0. The minimum Gasteiger partial charge on any atom is -0.492 e. The Kier molecular flexibility index (Phi) is 5.70. The predicted molar refractivity (Wildman–Crippen MR) is 80.8 cm³/mol. The van der Waals surface area contributed by atoms with E-state index in [0.717, 1.165) is 4.31 Å². The van der Waals surface area contributed by atoms with E-state index >= 15 is 0 Å². The van der Waals surface area contributed by atoms with E-state index in [1.54, 1.807) is 19.9 Å². The molecule has 0 aliphatic carbocycles. The number of amides is 1. The van der Waals surface area contributed by atoms with Crippen LogP contribution in [-0.4, -0.2) is 45.4 Å². The fourth-order valence-corrected chi connectivity index (χ4v) is 2.57. The third kappa shape index (κ3) is 4.16. The van der Waals surface area contributed by atoms with Crippen molar-refractivity contribution < 1.29 is 17.9 Å². The zero-order valence-corrected chi connectivity index (χ0v) is 13.4. The Bertz CT molecular complexity index is 612. The molecule has 1 rings (SSSR count). The number of nitrogens with one attached hydrogen (secondary N) is 1. The van der Waals surface area contributed by atoms with Gasteiger partial charge in [0.2, 0.25) is 15.9 Å². The van der Waals surface area contributed by atoms with Gasteiger partial charge in [-0.25, -0.2) is 12.7 Å². The van der Waals surface area contributed by atoms with Crippen LogP contribution in [0.15, 0.2) is 23.1 Å². The van der Waals surface area contributed by atoms with Crippen molar-refractivity contribution in [3.63, 3.8) is 0 Å². The molecule has 0 saturated carbocycles. The molecule has 8 heteroatoms. The Morgan fingerprint density at radius 2 is 2.05 bits per heavy atom. The lowest BCUT2D eigenvalue weighted by Gasteiger charge is -2.17. The lowest BCUT2D eigenvalue weighted by atomic mass is 10.2. The first-order valence-corrected chi connectivity index (χ1v) is 7.90. The number of anilines is 1. The maximum atomic E-state index is 12.3. The summed E-state index contributed by atoms with van der Waals surface area (Å²) in [7, 11) is -0.825. The number of hydrogen-bond donors (Lipinski definition) is 2. The zero-order chi connectivity index (χ0) is 16.2. The Morgan fingerprint density at radius 3 is 2.52 bits per heavy atom. The second kappa shape index (κ2) is 6.88. The second-order valence-corrected chi connectivity index (χ2v) is 6.78. The van der Waals surface area contributed by atoms with Crippen LogP contribution < -0.4 is 15.8 Å². The smallest absolute Gasteiger partial charge is 0.246 e. The van der Waals surface area contributed by atoms with Crippen LogP contribution in [-0.2, 0) is 14.8 Å². The van der Waals surface area contributed by atoms with E-state index in [1.807, 2.05) is 0 Å². The van der Waals surface area contributed by atoms with Crippen molar-refractivity contribution in [3.8, 4) is 5.75 Å². The first kappa shape index (κ1) is 17.4. The van der Waals surface area contributed by atoms with Gasteiger partial charge in [-0.05, 0) is 32.0 Å². The van der Waals surface area contributed by atoms with Crippen molar-refractivity contribution in [1.82, 2.24) is 4.31 Å². The van der Waals surface area contributed by atoms with Crippen LogP contribution >= 0.6 is 0 Å². The number of sulfonamides is 1. The van der Waals surface area contributed by atoms with E-state index in [0.29, 0.717) is 12.3 Å². The van der Waals surface area contributed by atoms with Gasteiger partial charge >= 0.3 is 0 Å². The van der Waals surface area contributed by atoms with Gasteiger partial charge in [0, 0.05) is 19.8 Å². The quantitative estimate of drug-likeness (QED) is 0.801. The molecule has 1 atom stereocenters. The van der Waals surface area contributed by atoms with Crippen molar-refractivity contribution in [3.05, 3.63) is 18.2 Å². The van der Waals surface area contributed by atoms with Gasteiger partial charge in [0.05, 0.1) is 12.6 Å². The van der Waals surface area contributed by atoms with Gasteiger partial charge < -0.3 is 15.8 Å². The highest BCUT2D eigenvalue weighted by Gasteiger charge is 2.23. The zero-order valence-electron chi connectivity index (χ0n) is 12.6. The molecule has 7 nitrogen and oxygen atoms in total. The van der Waals surface area contributed by atoms with Crippen LogP contribution in [0.5, 0.6) is 5.75 Å². The molecule has 21 heavy (non-hydrogen) atoms. The summed E-state index contributed by atoms with van der Waals surface area (Å²) >= 11 is 0. The largest absolute Gasteiger partial charge is 0.492 e. The minimum atomic E-state index is -3.68. The average Bonchev–Trinajstić information content (AvgIpc) is 2.40. The molecule has 0 aliphatic rings. The number of ether oxygens (including phenoxy) is 1. The molecular weight excluding hydrogens is 294 g/mol. The van der Waals surface area contributed by atoms with Crippen molar-refractivity contribution in [2.45, 2.75) is 24.8 Å². The van der Waals surface area contributed by atoms with Crippen LogP contribution in [0.3, 0.4) is 0 Å². The fourth-order valence-electron chi connectivity index (χ4n) is 1.51. The van der Waals surface area contributed by atoms with Gasteiger partial charge in [0.15, 0.2) is 0 Å². The van der Waals surface area contributed by atoms with Crippen molar-refractivity contribution in [2.24, 2.45) is 5.73 Å². The maximum absolute atomic E-state index is 12.3. The van der Waals surface area contributed by atoms with E-state index in [1.165, 1.54) is 26.2 Å². The van der Waals surface area contributed by atoms with E-state index in [9.17, 15) is 13.2 Å². The van der Waals surface area contributed by atoms with Gasteiger partial charge in [-0.1, -0.05) is 0 Å². The summed E-state index contributed by atoms with van der Waals surface area (Å²) < 4.78 is 31.0. The third-order valence-electron chi connectivity index (χ3n) is 2.68. The Labute approximate surface area is 125 Å². The lowest BCUT2D eigenvalue weighted by molar-refractivity contribution is -0.117. The molecule has 0 radical (unpaired) electrons. The third-order valence-corrected chi connectivity index (χ3v) is 4.52. The highest BCUT2D eigenvalue weighted by Crippen LogP contribution is 2.29. The molecule has 0 bridgehead atoms. The van der Waals surface area contributed by atoms with E-state index < -0.39 is 22.0 Å². The Hall–Kier alpha value is -1.64. The summed E-state index contributed by atoms with van der Waals surface area (Å²) in [6.45, 7) is 3.64. The van der Waals surface area contributed by atoms with Crippen LogP contribution in [0.25, 0.3) is 0 Å². The summed E-state index contributed by atoms with van der Waals surface area (Å²) in [4.78, 5) is 11.6. The average molecular weight is 315 g/mol. The molecule has 3 N–H and O–H groups in total. The van der Waals surface area contributed by atoms with Gasteiger partial charge in [0.25, 0.3) is 0 Å². The summed E-state index contributed by atoms with van der Waals surface area (Å²) in [6.07, 6.45) is 0. The molecule has 1 aromatic rings. The molecule has 0 spiro atoms. The molecule has 0 unspecified atom stereocenters. The van der Waals surface area contributed by atoms with Crippen molar-refractivity contribution in [1.29, 1.82) is 0 Å². The molecular formula is C13H21N3O4S. The van der Waals surface area contributed by atoms with E-state index in [-0.39, 0.29) is 10.6 Å². The van der Waals surface area contributed by atoms with Gasteiger partial charge in [-0.15, -0.1) is 0 Å². The molecule has 0 aromatic heterocycles. The topological polar surface area (TPSA) is 102 Å². The van der Waals surface area contributed by atoms with E-state index in [2.05, 4.69) is 5.32 Å². The first-order valence-electron chi connectivity index (χ1n) is 6.46. The van der Waals surface area contributed by atoms with Crippen molar-refractivity contribution >= 4 is 21.6 Å². The van der Waals surface area contributed by atoms with Gasteiger partial charge in [-0.2, -0.15) is 0 Å².